The Hall–Kier alpha value is -8.74. The molecule has 318 valence electrons. The van der Waals surface area contributed by atoms with Crippen LogP contribution in [0.1, 0.15) is 11.1 Å². The van der Waals surface area contributed by atoms with Crippen molar-refractivity contribution in [3.8, 4) is 11.1 Å². The molecule has 0 saturated carbocycles. The number of aryl methyl sites for hydroxylation is 2. The summed E-state index contributed by atoms with van der Waals surface area (Å²) in [6, 6.07) is 84.9. The van der Waals surface area contributed by atoms with Crippen molar-refractivity contribution in [2.45, 2.75) is 13.8 Å². The van der Waals surface area contributed by atoms with Crippen molar-refractivity contribution in [2.75, 3.05) is 19.6 Å². The summed E-state index contributed by atoms with van der Waals surface area (Å²) >= 11 is 0. The molecule has 0 saturated heterocycles. The maximum absolute atomic E-state index is 5.15. The van der Waals surface area contributed by atoms with Crippen LogP contribution in [0.15, 0.2) is 255 Å². The first kappa shape index (κ1) is 41.3. The van der Waals surface area contributed by atoms with Crippen LogP contribution < -0.4 is 19.6 Å². The van der Waals surface area contributed by atoms with Gasteiger partial charge in [-0.1, -0.05) is 108 Å². The van der Waals surface area contributed by atoms with Gasteiger partial charge in [0, 0.05) is 80.4 Å². The molecule has 6 heteroatoms. The van der Waals surface area contributed by atoms with Crippen molar-refractivity contribution >= 4 is 68.5 Å². The molecule has 2 aromatic heterocycles. The van der Waals surface area contributed by atoms with Gasteiger partial charge in [0.25, 0.3) is 0 Å². The lowest BCUT2D eigenvalue weighted by Crippen LogP contribution is -2.14. The largest absolute Gasteiger partial charge is 0.311 e. The summed E-state index contributed by atoms with van der Waals surface area (Å²) in [7, 11) is 0. The number of aromatic nitrogens is 2. The molecule has 0 aliphatic heterocycles. The van der Waals surface area contributed by atoms with E-state index in [1.807, 2.05) is 12.4 Å². The third kappa shape index (κ3) is 8.89. The number of anilines is 12. The minimum absolute atomic E-state index is 0.791. The predicted octanol–water partition coefficient (Wildman–Crippen LogP) is 16.6. The lowest BCUT2D eigenvalue weighted by molar-refractivity contribution is 1.16. The molecule has 0 fully saturated rings. The molecule has 66 heavy (non-hydrogen) atoms. The molecule has 0 atom stereocenters. The van der Waals surface area contributed by atoms with Gasteiger partial charge in [-0.2, -0.15) is 0 Å². The van der Waals surface area contributed by atoms with E-state index in [1.54, 1.807) is 0 Å². The third-order valence-electron chi connectivity index (χ3n) is 11.7. The lowest BCUT2D eigenvalue weighted by atomic mass is 10.1. The molecule has 6 nitrogen and oxygen atoms in total. The number of pyridine rings is 2. The number of hydrogen-bond acceptors (Lipinski definition) is 6. The summed E-state index contributed by atoms with van der Waals surface area (Å²) in [4.78, 5) is 19.1. The molecule has 0 unspecified atom stereocenters. The maximum atomic E-state index is 5.15. The zero-order chi connectivity index (χ0) is 44.7. The van der Waals surface area contributed by atoms with Crippen LogP contribution in [-0.2, 0) is 0 Å². The minimum Gasteiger partial charge on any atom is -0.311 e. The molecule has 10 aromatic rings. The number of para-hydroxylation sites is 4. The van der Waals surface area contributed by atoms with Gasteiger partial charge in [0.2, 0.25) is 0 Å². The van der Waals surface area contributed by atoms with Crippen molar-refractivity contribution in [3.63, 3.8) is 0 Å². The van der Waals surface area contributed by atoms with Crippen LogP contribution in [0, 0.1) is 13.8 Å². The summed E-state index contributed by atoms with van der Waals surface area (Å²) in [5, 5.41) is 0. The maximum Gasteiger partial charge on any atom is 0.137 e. The Morgan fingerprint density at radius 1 is 0.227 bits per heavy atom. The highest BCUT2D eigenvalue weighted by molar-refractivity contribution is 5.83. The van der Waals surface area contributed by atoms with Gasteiger partial charge in [-0.05, 0) is 159 Å². The Bertz CT molecular complexity index is 2840. The van der Waals surface area contributed by atoms with E-state index in [0.717, 1.165) is 79.6 Å². The molecule has 0 N–H and O–H groups in total. The van der Waals surface area contributed by atoms with Gasteiger partial charge in [0.15, 0.2) is 0 Å². The summed E-state index contributed by atoms with van der Waals surface area (Å²) < 4.78 is 0. The zero-order valence-electron chi connectivity index (χ0n) is 36.9. The zero-order valence-corrected chi connectivity index (χ0v) is 36.9. The fourth-order valence-electron chi connectivity index (χ4n) is 8.30. The Morgan fingerprint density at radius 2 is 0.455 bits per heavy atom. The van der Waals surface area contributed by atoms with Crippen LogP contribution in [-0.4, -0.2) is 9.97 Å². The molecule has 2 heterocycles. The van der Waals surface area contributed by atoms with E-state index in [1.165, 1.54) is 11.1 Å². The summed E-state index contributed by atoms with van der Waals surface area (Å²) in [6.07, 6.45) is 3.88. The third-order valence-corrected chi connectivity index (χ3v) is 11.7. The molecule has 8 aromatic carbocycles. The molecule has 0 bridgehead atoms. The van der Waals surface area contributed by atoms with Crippen LogP contribution in [0.25, 0.3) is 11.1 Å². The second kappa shape index (κ2) is 18.9. The molecule has 0 aliphatic carbocycles. The number of hydrogen-bond donors (Lipinski definition) is 0. The Morgan fingerprint density at radius 3 is 0.697 bits per heavy atom. The summed E-state index contributed by atoms with van der Waals surface area (Å²) in [6.45, 7) is 4.21. The summed E-state index contributed by atoms with van der Waals surface area (Å²) in [5.41, 5.74) is 14.9. The second-order valence-electron chi connectivity index (χ2n) is 16.2. The average molecular weight is 853 g/mol. The number of nitrogens with zero attached hydrogens (tertiary/aromatic N) is 6. The normalized spacial score (nSPS) is 10.9. The van der Waals surface area contributed by atoms with E-state index in [9.17, 15) is 0 Å². The first-order valence-electron chi connectivity index (χ1n) is 22.2. The second-order valence-corrected chi connectivity index (χ2v) is 16.2. The number of benzene rings is 8. The Kier molecular flexibility index (Phi) is 11.8. The van der Waals surface area contributed by atoms with Crippen LogP contribution in [0.5, 0.6) is 0 Å². The SMILES string of the molecule is Cc1ccc(N(c2ccc(C)cc2)c2ccc(-c3ccc(N(c4ccc(N(c5ccccc5)c5ccccc5)cc4)c4ccc(N(c5ccccc5)c5ccccc5)cc4)nc3)cn2)cc1. The summed E-state index contributed by atoms with van der Waals surface area (Å²) in [5.74, 6) is 1.63. The molecule has 0 amide bonds. The topological polar surface area (TPSA) is 38.7 Å². The molecular formula is C60H48N6. The van der Waals surface area contributed by atoms with Crippen molar-refractivity contribution in [1.29, 1.82) is 0 Å². The molecule has 0 spiro atoms. The van der Waals surface area contributed by atoms with Gasteiger partial charge in [0.1, 0.15) is 11.6 Å². The van der Waals surface area contributed by atoms with E-state index >= 15 is 0 Å². The van der Waals surface area contributed by atoms with Crippen molar-refractivity contribution in [1.82, 2.24) is 9.97 Å². The van der Waals surface area contributed by atoms with Crippen molar-refractivity contribution < 1.29 is 0 Å². The Labute approximate surface area is 387 Å². The standard InChI is InChI=1S/C60H48N6/c1-45-23-29-55(30-24-45)65(56-31-25-46(2)26-32-56)59-41-27-47(43-61-59)48-28-42-60(62-44-48)66(57-37-33-53(34-38-57)63(49-15-7-3-8-16-49)50-17-9-4-10-18-50)58-39-35-54(36-40-58)64(51-19-11-5-12-20-51)52-21-13-6-14-22-52/h3-44H,1-2H3. The van der Waals surface area contributed by atoms with Crippen molar-refractivity contribution in [3.05, 3.63) is 266 Å². The highest BCUT2D eigenvalue weighted by atomic mass is 15.2. The monoisotopic (exact) mass is 852 g/mol. The fourth-order valence-corrected chi connectivity index (χ4v) is 8.30. The van der Waals surface area contributed by atoms with Gasteiger partial charge < -0.3 is 9.80 Å². The number of rotatable bonds is 13. The van der Waals surface area contributed by atoms with Gasteiger partial charge in [0.05, 0.1) is 0 Å². The Balaban J connectivity index is 1.00. The first-order chi connectivity index (χ1) is 32.6. The van der Waals surface area contributed by atoms with E-state index < -0.39 is 0 Å². The van der Waals surface area contributed by atoms with E-state index in [4.69, 9.17) is 9.97 Å². The first-order valence-corrected chi connectivity index (χ1v) is 22.2. The quantitative estimate of drug-likeness (QED) is 0.115. The van der Waals surface area contributed by atoms with Gasteiger partial charge in [-0.3, -0.25) is 9.80 Å². The van der Waals surface area contributed by atoms with Crippen LogP contribution in [0.2, 0.25) is 0 Å². The van der Waals surface area contributed by atoms with E-state index in [0.29, 0.717) is 0 Å². The predicted molar refractivity (Wildman–Crippen MR) is 276 cm³/mol. The lowest BCUT2D eigenvalue weighted by Gasteiger charge is -2.29. The smallest absolute Gasteiger partial charge is 0.137 e. The highest BCUT2D eigenvalue weighted by Crippen LogP contribution is 2.41. The van der Waals surface area contributed by atoms with E-state index in [2.05, 4.69) is 276 Å². The average Bonchev–Trinajstić information content (AvgIpc) is 3.38. The van der Waals surface area contributed by atoms with Gasteiger partial charge in [-0.25, -0.2) is 9.97 Å². The highest BCUT2D eigenvalue weighted by Gasteiger charge is 2.20. The van der Waals surface area contributed by atoms with Crippen LogP contribution >= 0.6 is 0 Å². The van der Waals surface area contributed by atoms with Crippen LogP contribution in [0.4, 0.5) is 68.5 Å². The van der Waals surface area contributed by atoms with Gasteiger partial charge in [-0.15, -0.1) is 0 Å². The molecule has 0 aliphatic rings. The van der Waals surface area contributed by atoms with Crippen molar-refractivity contribution in [2.24, 2.45) is 0 Å². The van der Waals surface area contributed by atoms with Gasteiger partial charge >= 0.3 is 0 Å². The minimum atomic E-state index is 0.791. The molecule has 0 radical (unpaired) electrons. The fraction of sp³-hybridized carbons (Fsp3) is 0.0333. The van der Waals surface area contributed by atoms with Crippen LogP contribution in [0.3, 0.4) is 0 Å². The molecular weight excluding hydrogens is 805 g/mol. The molecule has 10 rings (SSSR count). The van der Waals surface area contributed by atoms with E-state index in [-0.39, 0.29) is 0 Å².